The van der Waals surface area contributed by atoms with E-state index in [4.69, 9.17) is 4.74 Å². The standard InChI is InChI=1S/C31H35N3O3/c1-4-18-34(31(36)25-13-15-27(37-3)16-14-25)22-30(35)33(21-24-11-9-23(2)10-12-24)19-17-26-20-32-29-8-6-5-7-28(26)29/h5-16,20,32H,4,17-19,21-22H2,1-3H3. The second-order valence-corrected chi connectivity index (χ2v) is 9.37. The van der Waals surface area contributed by atoms with Crippen LogP contribution in [0.25, 0.3) is 10.9 Å². The van der Waals surface area contributed by atoms with Crippen LogP contribution in [0, 0.1) is 6.92 Å². The van der Waals surface area contributed by atoms with E-state index in [1.54, 1.807) is 36.3 Å². The molecule has 6 heteroatoms. The minimum absolute atomic E-state index is 0.0401. The van der Waals surface area contributed by atoms with Crippen molar-refractivity contribution in [3.8, 4) is 5.75 Å². The first-order valence-corrected chi connectivity index (χ1v) is 12.8. The Morgan fingerprint density at radius 3 is 2.32 bits per heavy atom. The van der Waals surface area contributed by atoms with E-state index in [2.05, 4.69) is 48.3 Å². The molecule has 0 fully saturated rings. The highest BCUT2D eigenvalue weighted by molar-refractivity contribution is 5.96. The molecule has 37 heavy (non-hydrogen) atoms. The molecule has 4 aromatic rings. The highest BCUT2D eigenvalue weighted by Gasteiger charge is 2.22. The largest absolute Gasteiger partial charge is 0.497 e. The van der Waals surface area contributed by atoms with Gasteiger partial charge in [0.15, 0.2) is 0 Å². The predicted octanol–water partition coefficient (Wildman–Crippen LogP) is 5.61. The molecule has 0 unspecified atom stereocenters. The lowest BCUT2D eigenvalue weighted by Gasteiger charge is -2.28. The van der Waals surface area contributed by atoms with Gasteiger partial charge in [-0.3, -0.25) is 9.59 Å². The van der Waals surface area contributed by atoms with Crippen LogP contribution in [-0.2, 0) is 17.8 Å². The van der Waals surface area contributed by atoms with Gasteiger partial charge in [0.25, 0.3) is 5.91 Å². The molecule has 0 bridgehead atoms. The third kappa shape index (κ3) is 6.58. The molecule has 4 rings (SSSR count). The van der Waals surface area contributed by atoms with Gasteiger partial charge < -0.3 is 19.5 Å². The molecule has 0 aliphatic heterocycles. The summed E-state index contributed by atoms with van der Waals surface area (Å²) in [5.41, 5.74) is 5.07. The number of fused-ring (bicyclic) bond motifs is 1. The van der Waals surface area contributed by atoms with E-state index in [1.807, 2.05) is 30.2 Å². The SMILES string of the molecule is CCCN(CC(=O)N(CCc1c[nH]c2ccccc12)Cc1ccc(C)cc1)C(=O)c1ccc(OC)cc1. The van der Waals surface area contributed by atoms with Gasteiger partial charge in [-0.15, -0.1) is 0 Å². The number of ether oxygens (including phenoxy) is 1. The van der Waals surface area contributed by atoms with Crippen molar-refractivity contribution in [2.45, 2.75) is 33.2 Å². The number of aromatic amines is 1. The van der Waals surface area contributed by atoms with Crippen LogP contribution in [0.4, 0.5) is 0 Å². The second kappa shape index (κ2) is 12.3. The van der Waals surface area contributed by atoms with Gasteiger partial charge in [0.1, 0.15) is 12.3 Å². The van der Waals surface area contributed by atoms with E-state index in [9.17, 15) is 9.59 Å². The number of benzene rings is 3. The van der Waals surface area contributed by atoms with Crippen molar-refractivity contribution >= 4 is 22.7 Å². The molecule has 1 N–H and O–H groups in total. The first-order valence-electron chi connectivity index (χ1n) is 12.8. The first kappa shape index (κ1) is 26.0. The van der Waals surface area contributed by atoms with E-state index >= 15 is 0 Å². The smallest absolute Gasteiger partial charge is 0.254 e. The number of para-hydroxylation sites is 1. The van der Waals surface area contributed by atoms with Crippen LogP contribution in [0.3, 0.4) is 0 Å². The molecule has 0 aliphatic carbocycles. The lowest BCUT2D eigenvalue weighted by atomic mass is 10.1. The predicted molar refractivity (Wildman–Crippen MR) is 148 cm³/mol. The van der Waals surface area contributed by atoms with Crippen molar-refractivity contribution in [1.29, 1.82) is 0 Å². The minimum atomic E-state index is -0.148. The zero-order valence-corrected chi connectivity index (χ0v) is 21.9. The van der Waals surface area contributed by atoms with Crippen LogP contribution in [0.5, 0.6) is 5.75 Å². The van der Waals surface area contributed by atoms with Crippen LogP contribution in [0.15, 0.2) is 79.0 Å². The van der Waals surface area contributed by atoms with Crippen molar-refractivity contribution in [2.24, 2.45) is 0 Å². The molecular formula is C31H35N3O3. The van der Waals surface area contributed by atoms with Crippen LogP contribution in [-0.4, -0.2) is 53.3 Å². The van der Waals surface area contributed by atoms with E-state index in [0.717, 1.165) is 23.9 Å². The van der Waals surface area contributed by atoms with Gasteiger partial charge in [0.05, 0.1) is 7.11 Å². The number of H-pyrrole nitrogens is 1. The minimum Gasteiger partial charge on any atom is -0.497 e. The summed E-state index contributed by atoms with van der Waals surface area (Å²) in [7, 11) is 1.60. The Morgan fingerprint density at radius 2 is 1.62 bits per heavy atom. The van der Waals surface area contributed by atoms with Crippen LogP contribution < -0.4 is 4.74 Å². The fourth-order valence-corrected chi connectivity index (χ4v) is 4.50. The highest BCUT2D eigenvalue weighted by Crippen LogP contribution is 2.19. The van der Waals surface area contributed by atoms with Crippen LogP contribution in [0.2, 0.25) is 0 Å². The van der Waals surface area contributed by atoms with Gasteiger partial charge in [-0.2, -0.15) is 0 Å². The molecule has 2 amide bonds. The number of aryl methyl sites for hydroxylation is 1. The summed E-state index contributed by atoms with van der Waals surface area (Å²) in [5.74, 6) is 0.483. The number of amides is 2. The van der Waals surface area contributed by atoms with E-state index in [0.29, 0.717) is 30.9 Å². The fourth-order valence-electron chi connectivity index (χ4n) is 4.50. The van der Waals surface area contributed by atoms with Crippen LogP contribution >= 0.6 is 0 Å². The molecule has 0 radical (unpaired) electrons. The maximum Gasteiger partial charge on any atom is 0.254 e. The number of nitrogens with zero attached hydrogens (tertiary/aromatic N) is 2. The van der Waals surface area contributed by atoms with E-state index in [-0.39, 0.29) is 18.4 Å². The number of carbonyl (C=O) groups is 2. The number of hydrogen-bond donors (Lipinski definition) is 1. The normalized spacial score (nSPS) is 10.9. The molecule has 0 saturated carbocycles. The van der Waals surface area contributed by atoms with Crippen molar-refractivity contribution in [3.63, 3.8) is 0 Å². The number of nitrogens with one attached hydrogen (secondary N) is 1. The highest BCUT2D eigenvalue weighted by atomic mass is 16.5. The number of hydrogen-bond acceptors (Lipinski definition) is 3. The lowest BCUT2D eigenvalue weighted by molar-refractivity contribution is -0.132. The molecule has 0 atom stereocenters. The number of aromatic nitrogens is 1. The van der Waals surface area contributed by atoms with Gasteiger partial charge in [0, 0.05) is 42.3 Å². The molecular weight excluding hydrogens is 462 g/mol. The zero-order valence-electron chi connectivity index (χ0n) is 21.9. The summed E-state index contributed by atoms with van der Waals surface area (Å²) in [6.07, 6.45) is 3.51. The first-order chi connectivity index (χ1) is 18.0. The van der Waals surface area contributed by atoms with Gasteiger partial charge in [-0.25, -0.2) is 0 Å². The Morgan fingerprint density at radius 1 is 0.892 bits per heavy atom. The summed E-state index contributed by atoms with van der Waals surface area (Å²) in [5, 5.41) is 1.17. The van der Waals surface area contributed by atoms with Crippen molar-refractivity contribution in [3.05, 3.63) is 101 Å². The third-order valence-corrected chi connectivity index (χ3v) is 6.62. The van der Waals surface area contributed by atoms with Gasteiger partial charge in [-0.1, -0.05) is 55.0 Å². The average Bonchev–Trinajstić information content (AvgIpc) is 3.34. The summed E-state index contributed by atoms with van der Waals surface area (Å²) >= 11 is 0. The molecule has 192 valence electrons. The maximum atomic E-state index is 13.7. The topological polar surface area (TPSA) is 65.6 Å². The monoisotopic (exact) mass is 497 g/mol. The number of carbonyl (C=O) groups excluding carboxylic acids is 2. The Kier molecular flexibility index (Phi) is 8.62. The lowest BCUT2D eigenvalue weighted by Crippen LogP contribution is -2.43. The molecule has 0 spiro atoms. The number of rotatable bonds is 11. The summed E-state index contributed by atoms with van der Waals surface area (Å²) in [4.78, 5) is 33.8. The molecule has 3 aromatic carbocycles. The van der Waals surface area contributed by atoms with Gasteiger partial charge >= 0.3 is 0 Å². The fraction of sp³-hybridized carbons (Fsp3) is 0.290. The van der Waals surface area contributed by atoms with Crippen molar-refractivity contribution in [2.75, 3.05) is 26.7 Å². The molecule has 6 nitrogen and oxygen atoms in total. The van der Waals surface area contributed by atoms with Crippen molar-refractivity contribution < 1.29 is 14.3 Å². The van der Waals surface area contributed by atoms with Crippen LogP contribution in [0.1, 0.15) is 40.4 Å². The van der Waals surface area contributed by atoms with Crippen molar-refractivity contribution in [1.82, 2.24) is 14.8 Å². The molecule has 1 aromatic heterocycles. The molecule has 0 saturated heterocycles. The maximum absolute atomic E-state index is 13.7. The quantitative estimate of drug-likeness (QED) is 0.293. The second-order valence-electron chi connectivity index (χ2n) is 9.37. The third-order valence-electron chi connectivity index (χ3n) is 6.62. The summed E-state index contributed by atoms with van der Waals surface area (Å²) in [6, 6.07) is 23.5. The Balaban J connectivity index is 1.52. The zero-order chi connectivity index (χ0) is 26.2. The number of methoxy groups -OCH3 is 1. The van der Waals surface area contributed by atoms with Gasteiger partial charge in [-0.05, 0) is 61.2 Å². The Bertz CT molecular complexity index is 1330. The summed E-state index contributed by atoms with van der Waals surface area (Å²) in [6.45, 7) is 5.68. The van der Waals surface area contributed by atoms with E-state index < -0.39 is 0 Å². The molecule has 0 aliphatic rings. The Labute approximate surface area is 218 Å². The molecule has 1 heterocycles. The van der Waals surface area contributed by atoms with Gasteiger partial charge in [0.2, 0.25) is 5.91 Å². The Hall–Kier alpha value is -4.06. The van der Waals surface area contributed by atoms with E-state index in [1.165, 1.54) is 16.5 Å². The summed E-state index contributed by atoms with van der Waals surface area (Å²) < 4.78 is 5.21. The average molecular weight is 498 g/mol.